The van der Waals surface area contributed by atoms with E-state index in [1.54, 1.807) is 30.3 Å². The van der Waals surface area contributed by atoms with Gasteiger partial charge in [0.25, 0.3) is 11.1 Å². The molecule has 0 spiro atoms. The van der Waals surface area contributed by atoms with Crippen LogP contribution in [0.2, 0.25) is 0 Å². The second-order valence-electron chi connectivity index (χ2n) is 8.65. The highest BCUT2D eigenvalue weighted by Crippen LogP contribution is 2.35. The summed E-state index contributed by atoms with van der Waals surface area (Å²) in [5.74, 6) is 1.07. The lowest BCUT2D eigenvalue weighted by atomic mass is 10.2. The molecule has 182 valence electrons. The summed E-state index contributed by atoms with van der Waals surface area (Å²) in [5.41, 5.74) is 5.31. The van der Waals surface area contributed by atoms with E-state index >= 15 is 0 Å². The maximum absolute atomic E-state index is 13.0. The number of nitrogens with zero attached hydrogens (tertiary/aromatic N) is 3. The van der Waals surface area contributed by atoms with E-state index in [2.05, 4.69) is 10.6 Å². The molecule has 1 aliphatic rings. The fraction of sp³-hybridized carbons (Fsp3) is 0.100. The van der Waals surface area contributed by atoms with Crippen LogP contribution in [-0.2, 0) is 11.3 Å². The molecule has 3 aromatic carbocycles. The Bertz CT molecular complexity index is 1550. The molecule has 0 atom stereocenters. The predicted octanol–water partition coefficient (Wildman–Crippen LogP) is 6.99. The highest BCUT2D eigenvalue weighted by molar-refractivity contribution is 8.18. The van der Waals surface area contributed by atoms with Crippen molar-refractivity contribution in [3.05, 3.63) is 118 Å². The van der Waals surface area contributed by atoms with Crippen LogP contribution in [0.15, 0.2) is 89.8 Å². The Balaban J connectivity index is 1.35. The first kappa shape index (κ1) is 24.2. The van der Waals surface area contributed by atoms with Crippen molar-refractivity contribution in [2.24, 2.45) is 0 Å². The number of rotatable bonds is 6. The van der Waals surface area contributed by atoms with E-state index in [-0.39, 0.29) is 17.7 Å². The Morgan fingerprint density at radius 1 is 0.919 bits per heavy atom. The second-order valence-corrected chi connectivity index (χ2v) is 9.64. The summed E-state index contributed by atoms with van der Waals surface area (Å²) in [6, 6.07) is 28.3. The molecule has 0 saturated carbocycles. The van der Waals surface area contributed by atoms with Crippen molar-refractivity contribution in [3.63, 3.8) is 0 Å². The van der Waals surface area contributed by atoms with E-state index in [1.807, 2.05) is 74.5 Å². The first-order chi connectivity index (χ1) is 17.9. The van der Waals surface area contributed by atoms with Gasteiger partial charge >= 0.3 is 0 Å². The van der Waals surface area contributed by atoms with E-state index in [9.17, 15) is 9.59 Å². The highest BCUT2D eigenvalue weighted by atomic mass is 32.2. The molecule has 1 aromatic heterocycles. The minimum atomic E-state index is -0.270. The number of carbonyl (C=O) groups excluding carboxylic acids is 2. The molecule has 0 aliphatic carbocycles. The van der Waals surface area contributed by atoms with Gasteiger partial charge in [0, 0.05) is 17.1 Å². The summed E-state index contributed by atoms with van der Waals surface area (Å²) in [6.07, 6.45) is 1.80. The van der Waals surface area contributed by atoms with Crippen LogP contribution >= 0.6 is 11.8 Å². The first-order valence-electron chi connectivity index (χ1n) is 11.7. The summed E-state index contributed by atoms with van der Waals surface area (Å²) in [7, 11) is 0. The largest absolute Gasteiger partial charge is 0.457 e. The van der Waals surface area contributed by atoms with E-state index in [0.717, 1.165) is 40.0 Å². The van der Waals surface area contributed by atoms with E-state index in [4.69, 9.17) is 10.00 Å². The summed E-state index contributed by atoms with van der Waals surface area (Å²) >= 11 is 0.976. The normalized spacial score (nSPS) is 14.3. The van der Waals surface area contributed by atoms with Crippen molar-refractivity contribution in [2.45, 2.75) is 20.4 Å². The zero-order valence-electron chi connectivity index (χ0n) is 20.3. The lowest BCUT2D eigenvalue weighted by molar-refractivity contribution is -0.123. The van der Waals surface area contributed by atoms with Gasteiger partial charge in [0.2, 0.25) is 0 Å². The van der Waals surface area contributed by atoms with Crippen LogP contribution in [0.25, 0.3) is 11.8 Å². The van der Waals surface area contributed by atoms with E-state index < -0.39 is 0 Å². The number of benzene rings is 3. The Kier molecular flexibility index (Phi) is 6.67. The van der Waals surface area contributed by atoms with E-state index in [0.29, 0.717) is 22.0 Å². The van der Waals surface area contributed by atoms with Gasteiger partial charge in [0.05, 0.1) is 23.1 Å². The maximum Gasteiger partial charge on any atom is 0.293 e. The van der Waals surface area contributed by atoms with Gasteiger partial charge in [-0.05, 0) is 97.4 Å². The number of amides is 2. The lowest BCUT2D eigenvalue weighted by Gasteiger charge is -2.12. The lowest BCUT2D eigenvalue weighted by Crippen LogP contribution is -2.27. The average molecular weight is 506 g/mol. The molecule has 1 fully saturated rings. The van der Waals surface area contributed by atoms with Gasteiger partial charge in [-0.1, -0.05) is 30.3 Å². The SMILES string of the molecule is Cc1cc(/C=C2\SC(=O)N(Cc3ccccc3)C2=O)c(C)n1-c1ccc(Oc2ccc(C#N)cc2)cc1. The maximum atomic E-state index is 13.0. The molecule has 2 amide bonds. The highest BCUT2D eigenvalue weighted by Gasteiger charge is 2.35. The fourth-order valence-electron chi connectivity index (χ4n) is 4.27. The minimum Gasteiger partial charge on any atom is -0.457 e. The third kappa shape index (κ3) is 5.06. The molecule has 2 heterocycles. The molecule has 0 N–H and O–H groups in total. The molecular weight excluding hydrogens is 482 g/mol. The van der Waals surface area contributed by atoms with Crippen molar-refractivity contribution in [1.29, 1.82) is 5.26 Å². The zero-order valence-corrected chi connectivity index (χ0v) is 21.2. The molecular formula is C30H23N3O3S. The van der Waals surface area contributed by atoms with Crippen LogP contribution < -0.4 is 4.74 Å². The number of hydrogen-bond donors (Lipinski definition) is 0. The topological polar surface area (TPSA) is 75.3 Å². The van der Waals surface area contributed by atoms with Crippen molar-refractivity contribution in [3.8, 4) is 23.3 Å². The summed E-state index contributed by atoms with van der Waals surface area (Å²) in [4.78, 5) is 27.3. The van der Waals surface area contributed by atoms with Crippen LogP contribution in [-0.4, -0.2) is 20.6 Å². The molecule has 5 rings (SSSR count). The van der Waals surface area contributed by atoms with Crippen LogP contribution in [0.4, 0.5) is 4.79 Å². The molecule has 4 aromatic rings. The molecule has 0 radical (unpaired) electrons. The summed E-state index contributed by atoms with van der Waals surface area (Å²) in [6.45, 7) is 4.26. The molecule has 6 nitrogen and oxygen atoms in total. The molecule has 0 unspecified atom stereocenters. The summed E-state index contributed by atoms with van der Waals surface area (Å²) < 4.78 is 8.00. The van der Waals surface area contributed by atoms with Crippen LogP contribution in [0.3, 0.4) is 0 Å². The number of imide groups is 1. The molecule has 7 heteroatoms. The average Bonchev–Trinajstić information content (AvgIpc) is 3.34. The van der Waals surface area contributed by atoms with Gasteiger partial charge < -0.3 is 9.30 Å². The molecule has 37 heavy (non-hydrogen) atoms. The van der Waals surface area contributed by atoms with Gasteiger partial charge in [0.15, 0.2) is 0 Å². The number of aryl methyl sites for hydroxylation is 1. The number of hydrogen-bond acceptors (Lipinski definition) is 5. The molecule has 0 bridgehead atoms. The number of thioether (sulfide) groups is 1. The van der Waals surface area contributed by atoms with Gasteiger partial charge in [-0.25, -0.2) is 0 Å². The van der Waals surface area contributed by atoms with Crippen molar-refractivity contribution >= 4 is 29.0 Å². The quantitative estimate of drug-likeness (QED) is 0.264. The number of nitriles is 1. The van der Waals surface area contributed by atoms with Crippen molar-refractivity contribution < 1.29 is 14.3 Å². The van der Waals surface area contributed by atoms with Gasteiger partial charge in [0.1, 0.15) is 11.5 Å². The van der Waals surface area contributed by atoms with Crippen LogP contribution in [0.1, 0.15) is 28.1 Å². The Labute approximate surface area is 219 Å². The monoisotopic (exact) mass is 505 g/mol. The van der Waals surface area contributed by atoms with Gasteiger partial charge in [-0.3, -0.25) is 14.5 Å². The van der Waals surface area contributed by atoms with Crippen molar-refractivity contribution in [1.82, 2.24) is 9.47 Å². The van der Waals surface area contributed by atoms with Crippen LogP contribution in [0, 0.1) is 25.2 Å². The predicted molar refractivity (Wildman–Crippen MR) is 144 cm³/mol. The van der Waals surface area contributed by atoms with Gasteiger partial charge in [-0.2, -0.15) is 5.26 Å². The Morgan fingerprint density at radius 3 is 2.22 bits per heavy atom. The third-order valence-corrected chi connectivity index (χ3v) is 7.04. The Morgan fingerprint density at radius 2 is 1.57 bits per heavy atom. The Hall–Kier alpha value is -4.54. The first-order valence-corrected chi connectivity index (χ1v) is 12.5. The fourth-order valence-corrected chi connectivity index (χ4v) is 5.10. The van der Waals surface area contributed by atoms with Gasteiger partial charge in [-0.15, -0.1) is 0 Å². The van der Waals surface area contributed by atoms with Crippen molar-refractivity contribution in [2.75, 3.05) is 0 Å². The second kappa shape index (κ2) is 10.2. The van der Waals surface area contributed by atoms with E-state index in [1.165, 1.54) is 4.90 Å². The standard InChI is InChI=1S/C30H23N3O3S/c1-20-16-24(17-28-29(34)32(30(35)37-28)19-23-6-4-3-5-7-23)21(2)33(20)25-10-14-27(15-11-25)36-26-12-8-22(18-31)9-13-26/h3-17H,19H2,1-2H3/b28-17-. The third-order valence-electron chi connectivity index (χ3n) is 6.13. The number of carbonyl (C=O) groups is 2. The smallest absolute Gasteiger partial charge is 0.293 e. The summed E-state index contributed by atoms with van der Waals surface area (Å²) in [5, 5.41) is 8.68. The number of aromatic nitrogens is 1. The minimum absolute atomic E-state index is 0.258. The zero-order chi connectivity index (χ0) is 25.9. The molecule has 1 aliphatic heterocycles. The number of ether oxygens (including phenoxy) is 1. The molecule has 1 saturated heterocycles. The van der Waals surface area contributed by atoms with Crippen LogP contribution in [0.5, 0.6) is 11.5 Å².